The number of aromatic amines is 1. The summed E-state index contributed by atoms with van der Waals surface area (Å²) < 4.78 is 1.05. The molecule has 1 amide bonds. The fourth-order valence-electron chi connectivity index (χ4n) is 1.62. The second kappa shape index (κ2) is 5.86. The number of hydrogen-bond donors (Lipinski definition) is 2. The smallest absolute Gasteiger partial charge is 0.230 e. The van der Waals surface area contributed by atoms with Crippen molar-refractivity contribution >= 4 is 50.2 Å². The van der Waals surface area contributed by atoms with Gasteiger partial charge >= 0.3 is 0 Å². The Labute approximate surface area is 131 Å². The van der Waals surface area contributed by atoms with Crippen LogP contribution in [0, 0.1) is 0 Å². The minimum atomic E-state index is -0.101. The summed E-state index contributed by atoms with van der Waals surface area (Å²) in [6, 6.07) is 2.03. The lowest BCUT2D eigenvalue weighted by Gasteiger charge is -1.99. The zero-order chi connectivity index (χ0) is 13.9. The molecular formula is C12H9BrN4OS2. The second-order valence-corrected chi connectivity index (χ2v) is 6.67. The number of amides is 1. The molecule has 8 heteroatoms. The zero-order valence-electron chi connectivity index (χ0n) is 10.1. The van der Waals surface area contributed by atoms with Crippen LogP contribution in [0.3, 0.4) is 0 Å². The molecule has 0 spiro atoms. The van der Waals surface area contributed by atoms with Crippen LogP contribution in [-0.4, -0.2) is 21.1 Å². The molecule has 0 atom stereocenters. The van der Waals surface area contributed by atoms with Crippen molar-refractivity contribution < 1.29 is 4.79 Å². The lowest BCUT2D eigenvalue weighted by atomic mass is 10.3. The van der Waals surface area contributed by atoms with Crippen LogP contribution in [0.5, 0.6) is 0 Å². The van der Waals surface area contributed by atoms with Gasteiger partial charge in [-0.3, -0.25) is 9.89 Å². The van der Waals surface area contributed by atoms with E-state index in [1.165, 1.54) is 0 Å². The maximum atomic E-state index is 11.8. The van der Waals surface area contributed by atoms with Crippen molar-refractivity contribution in [1.82, 2.24) is 15.2 Å². The molecule has 3 heterocycles. The third kappa shape index (κ3) is 3.14. The minimum absolute atomic E-state index is 0.101. The number of nitrogens with one attached hydrogen (secondary N) is 2. The van der Waals surface area contributed by atoms with Crippen LogP contribution in [0.2, 0.25) is 0 Å². The Morgan fingerprint density at radius 2 is 2.30 bits per heavy atom. The summed E-state index contributed by atoms with van der Waals surface area (Å²) in [4.78, 5) is 17.4. The first-order valence-corrected chi connectivity index (χ1v) is 8.23. The number of H-pyrrole nitrogens is 1. The quantitative estimate of drug-likeness (QED) is 0.739. The molecule has 0 aliphatic rings. The number of nitrogens with zero attached hydrogens (tertiary/aromatic N) is 2. The first-order chi connectivity index (χ1) is 9.70. The number of carbonyl (C=O) groups is 1. The monoisotopic (exact) mass is 368 g/mol. The number of hydrogen-bond acceptors (Lipinski definition) is 5. The molecular weight excluding hydrogens is 360 g/mol. The maximum Gasteiger partial charge on any atom is 0.230 e. The van der Waals surface area contributed by atoms with E-state index < -0.39 is 0 Å². The summed E-state index contributed by atoms with van der Waals surface area (Å²) in [5.41, 5.74) is 1.43. The summed E-state index contributed by atoms with van der Waals surface area (Å²) >= 11 is 6.60. The molecule has 3 aromatic heterocycles. The Kier molecular flexibility index (Phi) is 3.95. The van der Waals surface area contributed by atoms with Crippen LogP contribution in [0.1, 0.15) is 5.69 Å². The van der Waals surface area contributed by atoms with Crippen molar-refractivity contribution in [2.45, 2.75) is 6.42 Å². The molecule has 0 fully saturated rings. The highest BCUT2D eigenvalue weighted by atomic mass is 79.9. The highest BCUT2D eigenvalue weighted by Gasteiger charge is 2.11. The van der Waals surface area contributed by atoms with Crippen molar-refractivity contribution in [3.05, 3.63) is 39.4 Å². The van der Waals surface area contributed by atoms with E-state index in [1.54, 1.807) is 35.1 Å². The fraction of sp³-hybridized carbons (Fsp3) is 0.0833. The van der Waals surface area contributed by atoms with Gasteiger partial charge in [-0.25, -0.2) is 4.98 Å². The predicted molar refractivity (Wildman–Crippen MR) is 84.0 cm³/mol. The van der Waals surface area contributed by atoms with E-state index in [0.29, 0.717) is 5.69 Å². The van der Waals surface area contributed by atoms with Crippen LogP contribution in [0.25, 0.3) is 9.88 Å². The number of thiazole rings is 1. The van der Waals surface area contributed by atoms with Gasteiger partial charge in [-0.05, 0) is 22.0 Å². The van der Waals surface area contributed by atoms with Crippen molar-refractivity contribution in [3.8, 4) is 9.88 Å². The highest BCUT2D eigenvalue weighted by Crippen LogP contribution is 2.32. The summed E-state index contributed by atoms with van der Waals surface area (Å²) in [6.45, 7) is 0. The van der Waals surface area contributed by atoms with Crippen molar-refractivity contribution in [1.29, 1.82) is 0 Å². The van der Waals surface area contributed by atoms with Gasteiger partial charge in [0.1, 0.15) is 5.01 Å². The van der Waals surface area contributed by atoms with Crippen LogP contribution in [-0.2, 0) is 11.2 Å². The van der Waals surface area contributed by atoms with Gasteiger partial charge in [0.25, 0.3) is 0 Å². The average Bonchev–Trinajstić information content (AvgIpc) is 3.10. The fourth-order valence-corrected chi connectivity index (χ4v) is 3.94. The number of halogens is 1. The largest absolute Gasteiger partial charge is 0.323 e. The average molecular weight is 369 g/mol. The maximum absolute atomic E-state index is 11.8. The lowest BCUT2D eigenvalue weighted by Crippen LogP contribution is -2.14. The van der Waals surface area contributed by atoms with Gasteiger partial charge in [0, 0.05) is 21.4 Å². The molecule has 5 nitrogen and oxygen atoms in total. The Hall–Kier alpha value is -1.51. The van der Waals surface area contributed by atoms with Gasteiger partial charge in [-0.2, -0.15) is 5.10 Å². The zero-order valence-corrected chi connectivity index (χ0v) is 13.3. The third-order valence-electron chi connectivity index (χ3n) is 2.45. The Balaban J connectivity index is 1.66. The van der Waals surface area contributed by atoms with E-state index in [1.807, 2.05) is 16.8 Å². The molecule has 0 aromatic carbocycles. The summed E-state index contributed by atoms with van der Waals surface area (Å²) in [5, 5.41) is 14.0. The summed E-state index contributed by atoms with van der Waals surface area (Å²) in [6.07, 6.45) is 3.45. The molecule has 0 aliphatic heterocycles. The molecule has 0 saturated carbocycles. The van der Waals surface area contributed by atoms with Crippen molar-refractivity contribution in [2.75, 3.05) is 5.32 Å². The van der Waals surface area contributed by atoms with Gasteiger partial charge < -0.3 is 5.32 Å². The van der Waals surface area contributed by atoms with Crippen LogP contribution in [0.15, 0.2) is 33.7 Å². The molecule has 102 valence electrons. The summed E-state index contributed by atoms with van der Waals surface area (Å²) in [7, 11) is 0. The first kappa shape index (κ1) is 13.5. The molecule has 0 unspecified atom stereocenters. The molecule has 3 aromatic rings. The molecule has 0 bridgehead atoms. The highest BCUT2D eigenvalue weighted by molar-refractivity contribution is 9.10. The predicted octanol–water partition coefficient (Wildman–Crippen LogP) is 3.54. The SMILES string of the molecule is O=C(Cc1csc(-c2cc(Br)cs2)n1)Nc1cn[nH]c1. The van der Waals surface area contributed by atoms with E-state index in [4.69, 9.17) is 0 Å². The van der Waals surface area contributed by atoms with Crippen LogP contribution in [0.4, 0.5) is 5.69 Å². The van der Waals surface area contributed by atoms with Gasteiger partial charge in [-0.1, -0.05) is 0 Å². The van der Waals surface area contributed by atoms with Crippen LogP contribution < -0.4 is 5.32 Å². The number of anilines is 1. The van der Waals surface area contributed by atoms with E-state index >= 15 is 0 Å². The molecule has 20 heavy (non-hydrogen) atoms. The van der Waals surface area contributed by atoms with Crippen molar-refractivity contribution in [3.63, 3.8) is 0 Å². The normalized spacial score (nSPS) is 10.7. The number of rotatable bonds is 4. The minimum Gasteiger partial charge on any atom is -0.323 e. The first-order valence-electron chi connectivity index (χ1n) is 5.68. The molecule has 3 rings (SSSR count). The van der Waals surface area contributed by atoms with Gasteiger partial charge in [-0.15, -0.1) is 22.7 Å². The molecule has 0 saturated heterocycles. The second-order valence-electron chi connectivity index (χ2n) is 3.99. The molecule has 2 N–H and O–H groups in total. The lowest BCUT2D eigenvalue weighted by molar-refractivity contribution is -0.115. The number of thiophene rings is 1. The molecule has 0 radical (unpaired) electrons. The number of aromatic nitrogens is 3. The van der Waals surface area contributed by atoms with E-state index in [-0.39, 0.29) is 12.3 Å². The Morgan fingerprint density at radius 1 is 1.40 bits per heavy atom. The standard InChI is InChI=1S/C12H9BrN4OS2/c13-7-1-10(19-5-7)12-17-8(6-20-12)2-11(18)16-9-3-14-15-4-9/h1,3-6H,2H2,(H,14,15)(H,16,18). The van der Waals surface area contributed by atoms with Gasteiger partial charge in [0.15, 0.2) is 0 Å². The summed E-state index contributed by atoms with van der Waals surface area (Å²) in [5.74, 6) is -0.101. The van der Waals surface area contributed by atoms with E-state index in [0.717, 1.165) is 20.1 Å². The van der Waals surface area contributed by atoms with Crippen molar-refractivity contribution in [2.24, 2.45) is 0 Å². The Morgan fingerprint density at radius 3 is 3.00 bits per heavy atom. The Bertz CT molecular complexity index is 719. The third-order valence-corrected chi connectivity index (χ3v) is 5.21. The van der Waals surface area contributed by atoms with E-state index in [2.05, 4.69) is 36.4 Å². The topological polar surface area (TPSA) is 70.7 Å². The van der Waals surface area contributed by atoms with E-state index in [9.17, 15) is 4.79 Å². The van der Waals surface area contributed by atoms with Gasteiger partial charge in [0.05, 0.1) is 28.9 Å². The van der Waals surface area contributed by atoms with Gasteiger partial charge in [0.2, 0.25) is 5.91 Å². The number of carbonyl (C=O) groups excluding carboxylic acids is 1. The van der Waals surface area contributed by atoms with Crippen LogP contribution >= 0.6 is 38.6 Å². The molecule has 0 aliphatic carbocycles.